The van der Waals surface area contributed by atoms with Gasteiger partial charge in [-0.25, -0.2) is 0 Å². The number of nitrogens with zero attached hydrogens (tertiary/aromatic N) is 2. The van der Waals surface area contributed by atoms with Gasteiger partial charge in [-0.15, -0.1) is 0 Å². The van der Waals surface area contributed by atoms with Crippen LogP contribution in [0.5, 0.6) is 5.75 Å². The zero-order chi connectivity index (χ0) is 20.8. The van der Waals surface area contributed by atoms with E-state index in [0.717, 1.165) is 43.9 Å². The van der Waals surface area contributed by atoms with E-state index in [1.807, 2.05) is 24.3 Å². The van der Waals surface area contributed by atoms with Crippen LogP contribution < -0.4 is 10.1 Å². The zero-order valence-corrected chi connectivity index (χ0v) is 18.3. The lowest BCUT2D eigenvalue weighted by molar-refractivity contribution is 0.0392. The summed E-state index contributed by atoms with van der Waals surface area (Å²) in [5.74, 6) is 0.563. The van der Waals surface area contributed by atoms with Crippen LogP contribution in [0.25, 0.3) is 0 Å². The Morgan fingerprint density at radius 3 is 2.76 bits per heavy atom. The summed E-state index contributed by atoms with van der Waals surface area (Å²) < 4.78 is 12.9. The summed E-state index contributed by atoms with van der Waals surface area (Å²) in [6, 6.07) is 9.87. The Morgan fingerprint density at radius 1 is 1.31 bits per heavy atom. The molecule has 0 aliphatic carbocycles. The van der Waals surface area contributed by atoms with Gasteiger partial charge in [-0.1, -0.05) is 35.3 Å². The Kier molecular flexibility index (Phi) is 7.84. The van der Waals surface area contributed by atoms with Crippen LogP contribution in [0.1, 0.15) is 28.9 Å². The van der Waals surface area contributed by atoms with E-state index in [4.69, 9.17) is 32.7 Å². The van der Waals surface area contributed by atoms with Gasteiger partial charge < -0.3 is 19.4 Å². The second-order valence-electron chi connectivity index (χ2n) is 7.23. The molecule has 0 atom stereocenters. The molecule has 2 heterocycles. The lowest BCUT2D eigenvalue weighted by Gasteiger charge is -2.31. The minimum absolute atomic E-state index is 0.231. The fraction of sp³-hybridized carbons (Fsp3) is 0.476. The molecule has 1 saturated heterocycles. The minimum Gasteiger partial charge on any atom is -0.492 e. The molecule has 1 fully saturated rings. The molecule has 3 rings (SSSR count). The number of nitrogens with one attached hydrogen (secondary N) is 1. The lowest BCUT2D eigenvalue weighted by Crippen LogP contribution is -2.38. The Hall–Kier alpha value is -1.73. The number of ether oxygens (including phenoxy) is 2. The fourth-order valence-electron chi connectivity index (χ4n) is 3.39. The molecule has 0 bridgehead atoms. The van der Waals surface area contributed by atoms with Crippen LogP contribution >= 0.6 is 23.2 Å². The van der Waals surface area contributed by atoms with Gasteiger partial charge in [-0.05, 0) is 43.7 Å². The van der Waals surface area contributed by atoms with E-state index in [1.54, 1.807) is 17.7 Å². The largest absolute Gasteiger partial charge is 0.492 e. The van der Waals surface area contributed by atoms with Crippen LogP contribution in [0.2, 0.25) is 10.2 Å². The van der Waals surface area contributed by atoms with Gasteiger partial charge in [0.2, 0.25) is 0 Å². The molecule has 1 N–H and O–H groups in total. The average molecular weight is 440 g/mol. The van der Waals surface area contributed by atoms with Gasteiger partial charge in [0.05, 0.1) is 5.02 Å². The van der Waals surface area contributed by atoms with Gasteiger partial charge in [0, 0.05) is 39.4 Å². The van der Waals surface area contributed by atoms with E-state index < -0.39 is 0 Å². The van der Waals surface area contributed by atoms with E-state index in [1.165, 1.54) is 0 Å². The Morgan fingerprint density at radius 2 is 2.07 bits per heavy atom. The molecule has 1 aliphatic heterocycles. The second kappa shape index (κ2) is 10.3. The Bertz CT molecular complexity index is 835. The fourth-order valence-corrected chi connectivity index (χ4v) is 3.77. The number of likely N-dealkylation sites (N-methyl/N-ethyl adjacent to an activating group) is 1. The molecule has 6 nitrogen and oxygen atoms in total. The highest BCUT2D eigenvalue weighted by molar-refractivity contribution is 6.41. The van der Waals surface area contributed by atoms with Crippen molar-refractivity contribution in [1.82, 2.24) is 14.8 Å². The molecule has 0 saturated carbocycles. The molecule has 1 aromatic carbocycles. The molecule has 1 aliphatic rings. The summed E-state index contributed by atoms with van der Waals surface area (Å²) in [6.07, 6.45) is 2.15. The first-order chi connectivity index (χ1) is 14.0. The predicted molar refractivity (Wildman–Crippen MR) is 115 cm³/mol. The Balaban J connectivity index is 1.47. The van der Waals surface area contributed by atoms with E-state index >= 15 is 0 Å². The van der Waals surface area contributed by atoms with Gasteiger partial charge in [-0.2, -0.15) is 0 Å². The van der Waals surface area contributed by atoms with Crippen molar-refractivity contribution >= 4 is 29.1 Å². The topological polar surface area (TPSA) is 55.7 Å². The SMILES string of the molecule is CN(CCOc1cccc(CNC(=O)c2cc(Cl)c(Cl)n2C)c1)C1CCOCC1. The summed E-state index contributed by atoms with van der Waals surface area (Å²) >= 11 is 12.0. The third-order valence-corrected chi connectivity index (χ3v) is 6.07. The van der Waals surface area contributed by atoms with Crippen LogP contribution in [0, 0.1) is 0 Å². The third-order valence-electron chi connectivity index (χ3n) is 5.23. The summed E-state index contributed by atoms with van der Waals surface area (Å²) in [5, 5.41) is 3.60. The zero-order valence-electron chi connectivity index (χ0n) is 16.8. The number of carbonyl (C=O) groups excluding carboxylic acids is 1. The van der Waals surface area contributed by atoms with E-state index in [-0.39, 0.29) is 5.91 Å². The lowest BCUT2D eigenvalue weighted by atomic mass is 10.1. The standard InChI is InChI=1S/C21H27Cl2N3O3/c1-25(16-6-9-28-10-7-16)8-11-29-17-5-3-4-15(12-17)14-24-21(27)19-13-18(22)20(23)26(19)2/h3-5,12-13,16H,6-11,14H2,1-2H3,(H,24,27). The van der Waals surface area contributed by atoms with Crippen molar-refractivity contribution in [3.8, 4) is 5.75 Å². The second-order valence-corrected chi connectivity index (χ2v) is 8.00. The number of hydrogen-bond donors (Lipinski definition) is 1. The number of benzene rings is 1. The maximum absolute atomic E-state index is 12.4. The molecular weight excluding hydrogens is 413 g/mol. The van der Waals surface area contributed by atoms with Gasteiger partial charge in [0.15, 0.2) is 0 Å². The highest BCUT2D eigenvalue weighted by atomic mass is 35.5. The number of rotatable bonds is 8. The van der Waals surface area contributed by atoms with Crippen LogP contribution in [0.3, 0.4) is 0 Å². The highest BCUT2D eigenvalue weighted by Crippen LogP contribution is 2.25. The molecule has 158 valence electrons. The number of halogens is 2. The molecule has 2 aromatic rings. The van der Waals surface area contributed by atoms with Gasteiger partial charge >= 0.3 is 0 Å². The maximum atomic E-state index is 12.4. The molecule has 1 amide bonds. The van der Waals surface area contributed by atoms with Gasteiger partial charge in [0.25, 0.3) is 5.91 Å². The number of amides is 1. The van der Waals surface area contributed by atoms with E-state index in [0.29, 0.717) is 35.1 Å². The smallest absolute Gasteiger partial charge is 0.268 e. The maximum Gasteiger partial charge on any atom is 0.268 e. The van der Waals surface area contributed by atoms with Crippen molar-refractivity contribution in [1.29, 1.82) is 0 Å². The highest BCUT2D eigenvalue weighted by Gasteiger charge is 2.18. The van der Waals surface area contributed by atoms with Crippen LogP contribution in [0.4, 0.5) is 0 Å². The normalized spacial score (nSPS) is 14.9. The Labute approximate surface area is 181 Å². The first-order valence-corrected chi connectivity index (χ1v) is 10.5. The molecular formula is C21H27Cl2N3O3. The molecule has 29 heavy (non-hydrogen) atoms. The van der Waals surface area contributed by atoms with Crippen molar-refractivity contribution < 1.29 is 14.3 Å². The molecule has 0 unspecified atom stereocenters. The van der Waals surface area contributed by atoms with Crippen molar-refractivity contribution in [2.24, 2.45) is 7.05 Å². The van der Waals surface area contributed by atoms with E-state index in [9.17, 15) is 4.79 Å². The van der Waals surface area contributed by atoms with Gasteiger partial charge in [-0.3, -0.25) is 9.69 Å². The van der Waals surface area contributed by atoms with Gasteiger partial charge in [0.1, 0.15) is 23.2 Å². The first kappa shape index (κ1) is 22.0. The van der Waals surface area contributed by atoms with Crippen molar-refractivity contribution in [3.63, 3.8) is 0 Å². The predicted octanol–water partition coefficient (Wildman–Crippen LogP) is 3.75. The van der Waals surface area contributed by atoms with Crippen LogP contribution in [-0.2, 0) is 18.3 Å². The van der Waals surface area contributed by atoms with Crippen molar-refractivity contribution in [2.75, 3.05) is 33.4 Å². The summed E-state index contributed by atoms with van der Waals surface area (Å²) in [7, 11) is 3.84. The minimum atomic E-state index is -0.231. The number of aromatic nitrogens is 1. The van der Waals surface area contributed by atoms with Crippen molar-refractivity contribution in [3.05, 3.63) is 51.8 Å². The van der Waals surface area contributed by atoms with E-state index in [2.05, 4.69) is 17.3 Å². The first-order valence-electron chi connectivity index (χ1n) is 9.74. The monoisotopic (exact) mass is 439 g/mol. The summed E-state index contributed by atoms with van der Waals surface area (Å²) in [6.45, 7) is 3.54. The number of hydrogen-bond acceptors (Lipinski definition) is 4. The summed E-state index contributed by atoms with van der Waals surface area (Å²) in [4.78, 5) is 14.7. The quantitative estimate of drug-likeness (QED) is 0.680. The summed E-state index contributed by atoms with van der Waals surface area (Å²) in [5.41, 5.74) is 1.38. The molecule has 0 radical (unpaired) electrons. The molecule has 0 spiro atoms. The average Bonchev–Trinajstić information content (AvgIpc) is 3.00. The molecule has 8 heteroatoms. The van der Waals surface area contributed by atoms with Crippen LogP contribution in [0.15, 0.2) is 30.3 Å². The number of carbonyl (C=O) groups is 1. The third kappa shape index (κ3) is 5.89. The van der Waals surface area contributed by atoms with Crippen LogP contribution in [-0.4, -0.2) is 54.8 Å². The van der Waals surface area contributed by atoms with Crippen molar-refractivity contribution in [2.45, 2.75) is 25.4 Å². The molecule has 1 aromatic heterocycles.